The van der Waals surface area contributed by atoms with E-state index in [0.29, 0.717) is 17.4 Å². The predicted molar refractivity (Wildman–Crippen MR) is 254 cm³/mol. The van der Waals surface area contributed by atoms with Crippen molar-refractivity contribution in [2.24, 2.45) is 0 Å². The predicted octanol–water partition coefficient (Wildman–Crippen LogP) is 14.0. The van der Waals surface area contributed by atoms with Crippen molar-refractivity contribution in [2.75, 3.05) is 47.5 Å². The lowest BCUT2D eigenvalue weighted by atomic mass is 10.1. The van der Waals surface area contributed by atoms with Crippen LogP contribution < -0.4 is 4.89 Å². The Hall–Kier alpha value is -2.03. The van der Waals surface area contributed by atoms with E-state index in [-0.39, 0.29) is 26.1 Å². The van der Waals surface area contributed by atoms with Crippen LogP contribution in [0.1, 0.15) is 213 Å². The van der Waals surface area contributed by atoms with Crippen LogP contribution in [0.15, 0.2) is 48.6 Å². The van der Waals surface area contributed by atoms with Gasteiger partial charge in [-0.15, -0.1) is 0 Å². The third-order valence-corrected chi connectivity index (χ3v) is 11.5. The second kappa shape index (κ2) is 43.2. The Bertz CT molecular complexity index is 1180. The van der Waals surface area contributed by atoms with E-state index in [9.17, 15) is 19.0 Å². The third kappa shape index (κ3) is 47.3. The molecule has 0 radical (unpaired) electrons. The SMILES string of the molecule is CCCCC/C=C\C/C=C\CCCCCCCCCCCC(=O)OC(COC(=O)CCCCCCCCC/C=C\C/C=C\CCCCCC)COP(=O)([O-])OCC[N+](C)(C)C. The molecule has 0 N–H and O–H groups in total. The standard InChI is InChI=1S/C51H94NO8P/c1-6-8-10-12-14-16-18-20-22-24-26-28-30-32-34-36-38-40-42-44-51(54)60-49(48-59-61(55,56)58-46-45-52(3,4)5)47-57-50(53)43-41-39-37-35-33-31-29-27-25-23-21-19-17-15-13-11-9-7-2/h14,16-17,19-20,22-23,25,49H,6-13,15,18,21,24,26-48H2,1-5H3/b16-14-,19-17-,22-20-,25-23-. The Labute approximate surface area is 375 Å². The molecule has 61 heavy (non-hydrogen) atoms. The fraction of sp³-hybridized carbons (Fsp3) is 0.804. The van der Waals surface area contributed by atoms with Gasteiger partial charge in [-0.2, -0.15) is 0 Å². The zero-order valence-electron chi connectivity index (χ0n) is 40.1. The Morgan fingerprint density at radius 2 is 0.885 bits per heavy atom. The lowest BCUT2D eigenvalue weighted by molar-refractivity contribution is -0.870. The van der Waals surface area contributed by atoms with Crippen molar-refractivity contribution < 1.29 is 42.1 Å². The minimum Gasteiger partial charge on any atom is -0.756 e. The number of nitrogens with zero attached hydrogens (tertiary/aromatic N) is 1. The molecule has 0 amide bonds. The summed E-state index contributed by atoms with van der Waals surface area (Å²) >= 11 is 0. The minimum absolute atomic E-state index is 0.0341. The van der Waals surface area contributed by atoms with Crippen LogP contribution in [-0.4, -0.2) is 70.0 Å². The van der Waals surface area contributed by atoms with E-state index in [0.717, 1.165) is 70.6 Å². The number of phosphoric acid groups is 1. The summed E-state index contributed by atoms with van der Waals surface area (Å²) in [4.78, 5) is 37.7. The summed E-state index contributed by atoms with van der Waals surface area (Å²) < 4.78 is 34.0. The van der Waals surface area contributed by atoms with E-state index in [1.54, 1.807) is 0 Å². The van der Waals surface area contributed by atoms with Gasteiger partial charge in [-0.05, 0) is 77.0 Å². The zero-order valence-corrected chi connectivity index (χ0v) is 41.0. The van der Waals surface area contributed by atoms with Gasteiger partial charge in [-0.1, -0.05) is 172 Å². The van der Waals surface area contributed by atoms with Gasteiger partial charge >= 0.3 is 11.9 Å². The second-order valence-corrected chi connectivity index (χ2v) is 19.2. The molecule has 0 saturated heterocycles. The molecule has 356 valence electrons. The average molecular weight is 880 g/mol. The molecule has 0 saturated carbocycles. The zero-order chi connectivity index (χ0) is 45.0. The molecule has 9 nitrogen and oxygen atoms in total. The average Bonchev–Trinajstić information content (AvgIpc) is 3.21. The van der Waals surface area contributed by atoms with Crippen LogP contribution in [0.3, 0.4) is 0 Å². The van der Waals surface area contributed by atoms with Gasteiger partial charge in [0.2, 0.25) is 0 Å². The Morgan fingerprint density at radius 1 is 0.508 bits per heavy atom. The van der Waals surface area contributed by atoms with E-state index in [2.05, 4.69) is 62.5 Å². The van der Waals surface area contributed by atoms with Crippen molar-refractivity contribution in [1.82, 2.24) is 0 Å². The van der Waals surface area contributed by atoms with Crippen molar-refractivity contribution in [3.05, 3.63) is 48.6 Å². The lowest BCUT2D eigenvalue weighted by Crippen LogP contribution is -2.37. The van der Waals surface area contributed by atoms with Gasteiger partial charge in [0.1, 0.15) is 19.8 Å². The molecule has 0 aliphatic carbocycles. The maximum atomic E-state index is 12.7. The Balaban J connectivity index is 4.30. The van der Waals surface area contributed by atoms with Gasteiger partial charge in [-0.3, -0.25) is 14.2 Å². The number of hydrogen-bond acceptors (Lipinski definition) is 8. The number of esters is 2. The number of phosphoric ester groups is 1. The Morgan fingerprint density at radius 3 is 1.33 bits per heavy atom. The van der Waals surface area contributed by atoms with Crippen LogP contribution in [0.2, 0.25) is 0 Å². The quantitative estimate of drug-likeness (QED) is 0.0195. The number of carbonyl (C=O) groups is 2. The molecule has 0 heterocycles. The molecular formula is C51H94NO8P. The van der Waals surface area contributed by atoms with Crippen molar-refractivity contribution in [3.63, 3.8) is 0 Å². The van der Waals surface area contributed by atoms with Crippen LogP contribution in [0.4, 0.5) is 0 Å². The molecule has 0 rings (SSSR count). The van der Waals surface area contributed by atoms with Crippen LogP contribution in [0, 0.1) is 0 Å². The van der Waals surface area contributed by atoms with E-state index in [1.165, 1.54) is 109 Å². The third-order valence-electron chi connectivity index (χ3n) is 10.6. The molecule has 0 aliphatic heterocycles. The van der Waals surface area contributed by atoms with Crippen LogP contribution in [0.5, 0.6) is 0 Å². The Kier molecular flexibility index (Phi) is 41.8. The molecule has 10 heteroatoms. The maximum absolute atomic E-state index is 12.7. The van der Waals surface area contributed by atoms with E-state index < -0.39 is 32.5 Å². The van der Waals surface area contributed by atoms with E-state index >= 15 is 0 Å². The fourth-order valence-electron chi connectivity index (χ4n) is 6.66. The number of carbonyl (C=O) groups excluding carboxylic acids is 2. The number of quaternary nitrogens is 1. The van der Waals surface area contributed by atoms with Crippen LogP contribution in [0.25, 0.3) is 0 Å². The molecule has 0 aromatic rings. The highest BCUT2D eigenvalue weighted by atomic mass is 31.2. The van der Waals surface area contributed by atoms with Gasteiger partial charge in [0.05, 0.1) is 27.7 Å². The first-order chi connectivity index (χ1) is 29.5. The highest BCUT2D eigenvalue weighted by molar-refractivity contribution is 7.45. The number of hydrogen-bond donors (Lipinski definition) is 0. The molecule has 2 atom stereocenters. The normalized spacial score (nSPS) is 13.9. The fourth-order valence-corrected chi connectivity index (χ4v) is 7.38. The monoisotopic (exact) mass is 880 g/mol. The molecule has 0 spiro atoms. The van der Waals surface area contributed by atoms with Crippen molar-refractivity contribution in [1.29, 1.82) is 0 Å². The second-order valence-electron chi connectivity index (χ2n) is 17.8. The summed E-state index contributed by atoms with van der Waals surface area (Å²) in [7, 11) is 1.16. The lowest BCUT2D eigenvalue weighted by Gasteiger charge is -2.28. The molecular weight excluding hydrogens is 786 g/mol. The highest BCUT2D eigenvalue weighted by Crippen LogP contribution is 2.38. The summed E-state index contributed by atoms with van der Waals surface area (Å²) in [6.07, 6.45) is 51.3. The summed E-state index contributed by atoms with van der Waals surface area (Å²) in [5.74, 6) is -0.845. The van der Waals surface area contributed by atoms with Crippen LogP contribution >= 0.6 is 7.82 Å². The molecule has 0 aliphatic rings. The topological polar surface area (TPSA) is 111 Å². The largest absolute Gasteiger partial charge is 0.756 e. The number of unbranched alkanes of at least 4 members (excludes halogenated alkanes) is 23. The summed E-state index contributed by atoms with van der Waals surface area (Å²) in [5.41, 5.74) is 0. The van der Waals surface area contributed by atoms with Crippen molar-refractivity contribution in [3.8, 4) is 0 Å². The number of rotatable bonds is 45. The smallest absolute Gasteiger partial charge is 0.306 e. The number of ether oxygens (including phenoxy) is 2. The van der Waals surface area contributed by atoms with Gasteiger partial charge in [0.15, 0.2) is 6.10 Å². The first-order valence-electron chi connectivity index (χ1n) is 24.8. The minimum atomic E-state index is -4.63. The molecule has 0 fully saturated rings. The number of allylic oxidation sites excluding steroid dienone is 8. The van der Waals surface area contributed by atoms with Gasteiger partial charge < -0.3 is 27.9 Å². The van der Waals surface area contributed by atoms with Crippen molar-refractivity contribution in [2.45, 2.75) is 219 Å². The molecule has 0 aromatic heterocycles. The van der Waals surface area contributed by atoms with E-state index in [1.807, 2.05) is 21.1 Å². The maximum Gasteiger partial charge on any atom is 0.306 e. The highest BCUT2D eigenvalue weighted by Gasteiger charge is 2.21. The molecule has 0 aromatic carbocycles. The van der Waals surface area contributed by atoms with E-state index in [4.69, 9.17) is 18.5 Å². The van der Waals surface area contributed by atoms with Gasteiger partial charge in [0, 0.05) is 12.8 Å². The van der Waals surface area contributed by atoms with Crippen LogP contribution in [-0.2, 0) is 32.7 Å². The van der Waals surface area contributed by atoms with Gasteiger partial charge in [-0.25, -0.2) is 0 Å². The molecule has 0 bridgehead atoms. The molecule has 2 unspecified atom stereocenters. The summed E-state index contributed by atoms with van der Waals surface area (Å²) in [6.45, 7) is 4.19. The summed E-state index contributed by atoms with van der Waals surface area (Å²) in [6, 6.07) is 0. The summed E-state index contributed by atoms with van der Waals surface area (Å²) in [5, 5.41) is 0. The number of likely N-dealkylation sites (N-methyl/N-ethyl adjacent to an activating group) is 1. The van der Waals surface area contributed by atoms with Crippen molar-refractivity contribution >= 4 is 19.8 Å². The van der Waals surface area contributed by atoms with Gasteiger partial charge in [0.25, 0.3) is 7.82 Å². The first-order valence-corrected chi connectivity index (χ1v) is 26.3. The first kappa shape index (κ1) is 59.0.